The van der Waals surface area contributed by atoms with E-state index >= 15 is 0 Å². The maximum Gasteiger partial charge on any atom is 0.0397 e. The van der Waals surface area contributed by atoms with Gasteiger partial charge < -0.3 is 0 Å². The Morgan fingerprint density at radius 1 is 1.10 bits per heavy atom. The lowest BCUT2D eigenvalue weighted by molar-refractivity contribution is 0.0518. The highest BCUT2D eigenvalue weighted by Gasteiger charge is 2.44. The van der Waals surface area contributed by atoms with E-state index in [4.69, 9.17) is 5.84 Å². The van der Waals surface area contributed by atoms with Crippen molar-refractivity contribution in [1.29, 1.82) is 0 Å². The number of rotatable bonds is 11. The Hall–Kier alpha value is -0.120. The van der Waals surface area contributed by atoms with Crippen LogP contribution in [0.25, 0.3) is 0 Å². The molecule has 1 saturated carbocycles. The Morgan fingerprint density at radius 3 is 2.14 bits per heavy atom. The number of hydrazine groups is 1. The molecule has 0 heterocycles. The van der Waals surface area contributed by atoms with Crippen LogP contribution in [0.2, 0.25) is 0 Å². The minimum Gasteiger partial charge on any atom is -0.297 e. The fourth-order valence-electron chi connectivity index (χ4n) is 4.48. The number of hydrogen-bond acceptors (Lipinski definition) is 3. The second-order valence-electron chi connectivity index (χ2n) is 6.85. The van der Waals surface area contributed by atoms with Crippen LogP contribution in [-0.4, -0.2) is 29.6 Å². The largest absolute Gasteiger partial charge is 0.297 e. The van der Waals surface area contributed by atoms with Crippen LogP contribution in [0.15, 0.2) is 0 Å². The van der Waals surface area contributed by atoms with Gasteiger partial charge in [0.05, 0.1) is 0 Å². The predicted octanol–water partition coefficient (Wildman–Crippen LogP) is 4.08. The zero-order chi connectivity index (χ0) is 15.7. The van der Waals surface area contributed by atoms with Gasteiger partial charge in [-0.2, -0.15) is 0 Å². The van der Waals surface area contributed by atoms with E-state index in [-0.39, 0.29) is 0 Å². The van der Waals surface area contributed by atoms with E-state index in [9.17, 15) is 0 Å². The molecule has 0 aliphatic heterocycles. The van der Waals surface area contributed by atoms with Crippen molar-refractivity contribution < 1.29 is 0 Å². The third-order valence-electron chi connectivity index (χ3n) is 5.82. The van der Waals surface area contributed by atoms with E-state index in [1.165, 1.54) is 57.8 Å². The average Bonchev–Trinajstić information content (AvgIpc) is 2.99. The maximum absolute atomic E-state index is 6.04. The number of likely N-dealkylation sites (N-methyl/N-ethyl adjacent to an activating group) is 1. The van der Waals surface area contributed by atoms with Gasteiger partial charge in [0.1, 0.15) is 0 Å². The molecule has 0 aromatic heterocycles. The molecular weight excluding hydrogens is 258 g/mol. The normalized spacial score (nSPS) is 20.9. The summed E-state index contributed by atoms with van der Waals surface area (Å²) in [6.07, 6.45) is 11.9. The Balaban J connectivity index is 2.81. The summed E-state index contributed by atoms with van der Waals surface area (Å²) < 4.78 is 0. The third-order valence-corrected chi connectivity index (χ3v) is 5.82. The third kappa shape index (κ3) is 4.67. The SMILES string of the molecule is CCCCC(CC)CC(NN)C1(N(CC)CC)CCCC1. The molecule has 0 saturated heterocycles. The maximum atomic E-state index is 6.04. The van der Waals surface area contributed by atoms with Crippen LogP contribution in [0.1, 0.15) is 85.5 Å². The predicted molar refractivity (Wildman–Crippen MR) is 93.2 cm³/mol. The molecule has 0 radical (unpaired) electrons. The molecule has 1 rings (SSSR count). The highest BCUT2D eigenvalue weighted by Crippen LogP contribution is 2.40. The van der Waals surface area contributed by atoms with E-state index < -0.39 is 0 Å². The molecule has 0 bridgehead atoms. The van der Waals surface area contributed by atoms with Gasteiger partial charge >= 0.3 is 0 Å². The van der Waals surface area contributed by atoms with Crippen molar-refractivity contribution in [3.63, 3.8) is 0 Å². The van der Waals surface area contributed by atoms with Crippen molar-refractivity contribution in [3.05, 3.63) is 0 Å². The number of unbranched alkanes of at least 4 members (excludes halogenated alkanes) is 1. The molecule has 1 aliphatic carbocycles. The smallest absolute Gasteiger partial charge is 0.0397 e. The molecule has 0 aromatic carbocycles. The van der Waals surface area contributed by atoms with Crippen LogP contribution < -0.4 is 11.3 Å². The number of nitrogens with one attached hydrogen (secondary N) is 1. The monoisotopic (exact) mass is 297 g/mol. The number of hydrogen-bond donors (Lipinski definition) is 2. The minimum atomic E-state index is 0.303. The Kier molecular flexibility index (Phi) is 8.84. The lowest BCUT2D eigenvalue weighted by atomic mass is 9.79. The molecule has 2 unspecified atom stereocenters. The zero-order valence-electron chi connectivity index (χ0n) is 15.0. The fourth-order valence-corrected chi connectivity index (χ4v) is 4.48. The summed E-state index contributed by atoms with van der Waals surface area (Å²) in [5.41, 5.74) is 3.54. The van der Waals surface area contributed by atoms with Gasteiger partial charge in [-0.25, -0.2) is 0 Å². The Labute approximate surface area is 133 Å². The van der Waals surface area contributed by atoms with Gasteiger partial charge in [0.15, 0.2) is 0 Å². The molecule has 3 heteroatoms. The van der Waals surface area contributed by atoms with Gasteiger partial charge in [-0.1, -0.05) is 66.2 Å². The van der Waals surface area contributed by atoms with E-state index in [0.717, 1.165) is 19.0 Å². The topological polar surface area (TPSA) is 41.3 Å². The quantitative estimate of drug-likeness (QED) is 0.446. The van der Waals surface area contributed by atoms with E-state index in [0.29, 0.717) is 11.6 Å². The summed E-state index contributed by atoms with van der Waals surface area (Å²) in [4.78, 5) is 2.68. The molecule has 3 nitrogen and oxygen atoms in total. The second kappa shape index (κ2) is 9.81. The highest BCUT2D eigenvalue weighted by molar-refractivity contribution is 5.03. The van der Waals surface area contributed by atoms with Crippen LogP contribution in [0.4, 0.5) is 0 Å². The summed E-state index contributed by atoms with van der Waals surface area (Å²) >= 11 is 0. The highest BCUT2D eigenvalue weighted by atomic mass is 15.3. The van der Waals surface area contributed by atoms with Crippen molar-refractivity contribution in [3.8, 4) is 0 Å². The number of nitrogens with two attached hydrogens (primary N) is 1. The summed E-state index contributed by atoms with van der Waals surface area (Å²) in [5, 5.41) is 0. The fraction of sp³-hybridized carbons (Fsp3) is 1.00. The molecule has 1 aliphatic rings. The first-order valence-corrected chi connectivity index (χ1v) is 9.39. The molecule has 126 valence electrons. The van der Waals surface area contributed by atoms with Crippen molar-refractivity contribution in [2.75, 3.05) is 13.1 Å². The second-order valence-corrected chi connectivity index (χ2v) is 6.85. The lowest BCUT2D eigenvalue weighted by Gasteiger charge is -2.47. The average molecular weight is 298 g/mol. The van der Waals surface area contributed by atoms with Gasteiger partial charge in [0.25, 0.3) is 0 Å². The summed E-state index contributed by atoms with van der Waals surface area (Å²) in [6.45, 7) is 11.5. The van der Waals surface area contributed by atoms with Crippen molar-refractivity contribution in [2.45, 2.75) is 97.1 Å². The molecular formula is C18H39N3. The molecule has 0 amide bonds. The van der Waals surface area contributed by atoms with Crippen molar-refractivity contribution in [1.82, 2.24) is 10.3 Å². The molecule has 3 N–H and O–H groups in total. The first-order chi connectivity index (χ1) is 10.2. The van der Waals surface area contributed by atoms with E-state index in [2.05, 4.69) is 38.0 Å². The van der Waals surface area contributed by atoms with Crippen LogP contribution in [0, 0.1) is 5.92 Å². The Morgan fingerprint density at radius 2 is 1.71 bits per heavy atom. The van der Waals surface area contributed by atoms with Gasteiger partial charge in [-0.15, -0.1) is 0 Å². The summed E-state index contributed by atoms with van der Waals surface area (Å²) in [5.74, 6) is 6.86. The molecule has 1 fully saturated rings. The van der Waals surface area contributed by atoms with Crippen molar-refractivity contribution >= 4 is 0 Å². The molecule has 0 aromatic rings. The first-order valence-electron chi connectivity index (χ1n) is 9.39. The Bertz CT molecular complexity index is 257. The van der Waals surface area contributed by atoms with E-state index in [1.54, 1.807) is 0 Å². The lowest BCUT2D eigenvalue weighted by Crippen LogP contribution is -2.61. The van der Waals surface area contributed by atoms with Crippen LogP contribution >= 0.6 is 0 Å². The standard InChI is InChI=1S/C18H39N3/c1-5-9-12-16(6-2)15-17(20-19)18(13-10-11-14-18)21(7-3)8-4/h16-17,20H,5-15,19H2,1-4H3. The molecule has 2 atom stereocenters. The van der Waals surface area contributed by atoms with Gasteiger partial charge in [0.2, 0.25) is 0 Å². The first kappa shape index (κ1) is 18.9. The minimum absolute atomic E-state index is 0.303. The molecule has 0 spiro atoms. The summed E-state index contributed by atoms with van der Waals surface area (Å²) in [6, 6.07) is 0.446. The zero-order valence-corrected chi connectivity index (χ0v) is 15.0. The van der Waals surface area contributed by atoms with E-state index in [1.807, 2.05) is 0 Å². The van der Waals surface area contributed by atoms with Gasteiger partial charge in [-0.05, 0) is 38.3 Å². The molecule has 21 heavy (non-hydrogen) atoms. The summed E-state index contributed by atoms with van der Waals surface area (Å²) in [7, 11) is 0. The van der Waals surface area contributed by atoms with Gasteiger partial charge in [-0.3, -0.25) is 16.2 Å². The van der Waals surface area contributed by atoms with Crippen LogP contribution in [-0.2, 0) is 0 Å². The number of nitrogens with zero attached hydrogens (tertiary/aromatic N) is 1. The van der Waals surface area contributed by atoms with Gasteiger partial charge in [0, 0.05) is 11.6 Å². The van der Waals surface area contributed by atoms with Crippen molar-refractivity contribution in [2.24, 2.45) is 11.8 Å². The van der Waals surface area contributed by atoms with Crippen LogP contribution in [0.5, 0.6) is 0 Å². The van der Waals surface area contributed by atoms with Crippen LogP contribution in [0.3, 0.4) is 0 Å².